The molecule has 0 aromatic heterocycles. The van der Waals surface area contributed by atoms with Crippen molar-refractivity contribution in [3.8, 4) is 0 Å². The summed E-state index contributed by atoms with van der Waals surface area (Å²) in [6.45, 7) is 5.51. The Morgan fingerprint density at radius 3 is 2.37 bits per heavy atom. The number of nitrogens with zero attached hydrogens (tertiary/aromatic N) is 1. The van der Waals surface area contributed by atoms with Crippen molar-refractivity contribution >= 4 is 29.3 Å². The number of anilines is 1. The number of hydrogen-bond donors (Lipinski definition) is 1. The first-order chi connectivity index (χ1) is 13.0. The maximum atomic E-state index is 12.9. The highest BCUT2D eigenvalue weighted by molar-refractivity contribution is 8.00. The average molecular weight is 383 g/mol. The van der Waals surface area contributed by atoms with E-state index in [1.54, 1.807) is 12.1 Å². The van der Waals surface area contributed by atoms with Crippen LogP contribution >= 0.6 is 11.8 Å². The third kappa shape index (κ3) is 5.13. The van der Waals surface area contributed by atoms with Gasteiger partial charge in [-0.1, -0.05) is 29.8 Å². The Balaban J connectivity index is 1.68. The second-order valence-electron chi connectivity index (χ2n) is 6.96. The lowest BCUT2D eigenvalue weighted by atomic mass is 10.1. The average Bonchev–Trinajstić information content (AvgIpc) is 2.70. The second kappa shape index (κ2) is 9.09. The summed E-state index contributed by atoms with van der Waals surface area (Å²) in [7, 11) is 0. The number of amides is 2. The van der Waals surface area contributed by atoms with E-state index in [0.717, 1.165) is 30.8 Å². The fourth-order valence-corrected chi connectivity index (χ4v) is 4.02. The van der Waals surface area contributed by atoms with Gasteiger partial charge in [0.1, 0.15) is 0 Å². The molecule has 2 amide bonds. The summed E-state index contributed by atoms with van der Waals surface area (Å²) < 4.78 is 0. The van der Waals surface area contributed by atoms with E-state index < -0.39 is 0 Å². The monoisotopic (exact) mass is 382 g/mol. The lowest BCUT2D eigenvalue weighted by Crippen LogP contribution is -2.36. The summed E-state index contributed by atoms with van der Waals surface area (Å²) in [5.41, 5.74) is 2.36. The minimum atomic E-state index is -0.258. The van der Waals surface area contributed by atoms with Gasteiger partial charge >= 0.3 is 0 Å². The summed E-state index contributed by atoms with van der Waals surface area (Å²) >= 11 is 1.51. The highest BCUT2D eigenvalue weighted by Gasteiger charge is 2.22. The minimum absolute atomic E-state index is 0.00411. The van der Waals surface area contributed by atoms with Crippen molar-refractivity contribution in [2.45, 2.75) is 43.3 Å². The van der Waals surface area contributed by atoms with E-state index in [0.29, 0.717) is 11.3 Å². The van der Waals surface area contributed by atoms with Crippen LogP contribution in [0.2, 0.25) is 0 Å². The molecule has 3 rings (SSSR count). The molecule has 0 aliphatic carbocycles. The molecule has 27 heavy (non-hydrogen) atoms. The van der Waals surface area contributed by atoms with Crippen LogP contribution in [0.3, 0.4) is 0 Å². The van der Waals surface area contributed by atoms with Crippen molar-refractivity contribution in [1.82, 2.24) is 4.90 Å². The third-order valence-corrected chi connectivity index (χ3v) is 5.87. The van der Waals surface area contributed by atoms with Crippen molar-refractivity contribution in [2.75, 3.05) is 18.4 Å². The van der Waals surface area contributed by atoms with Gasteiger partial charge in [0, 0.05) is 18.0 Å². The first kappa shape index (κ1) is 19.5. The molecule has 0 radical (unpaired) electrons. The van der Waals surface area contributed by atoms with Crippen LogP contribution in [0.1, 0.15) is 42.1 Å². The maximum absolute atomic E-state index is 12.9. The van der Waals surface area contributed by atoms with Gasteiger partial charge in [0.05, 0.1) is 16.5 Å². The van der Waals surface area contributed by atoms with Crippen LogP contribution < -0.4 is 5.32 Å². The largest absolute Gasteiger partial charge is 0.339 e. The van der Waals surface area contributed by atoms with Gasteiger partial charge in [-0.15, -0.1) is 11.8 Å². The van der Waals surface area contributed by atoms with E-state index in [2.05, 4.69) is 5.32 Å². The number of thioether (sulfide) groups is 1. The van der Waals surface area contributed by atoms with Crippen LogP contribution in [0.25, 0.3) is 0 Å². The van der Waals surface area contributed by atoms with Crippen LogP contribution in [0.15, 0.2) is 53.4 Å². The number of likely N-dealkylation sites (tertiary alicyclic amines) is 1. The molecule has 0 bridgehead atoms. The van der Waals surface area contributed by atoms with Gasteiger partial charge in [-0.3, -0.25) is 9.59 Å². The van der Waals surface area contributed by atoms with Gasteiger partial charge in [-0.2, -0.15) is 0 Å². The number of hydrogen-bond acceptors (Lipinski definition) is 3. The Morgan fingerprint density at radius 1 is 1.00 bits per heavy atom. The fraction of sp³-hybridized carbons (Fsp3) is 0.364. The van der Waals surface area contributed by atoms with Gasteiger partial charge in [0.15, 0.2) is 0 Å². The van der Waals surface area contributed by atoms with Gasteiger partial charge in [-0.25, -0.2) is 0 Å². The molecule has 1 atom stereocenters. The zero-order valence-electron chi connectivity index (χ0n) is 15.9. The lowest BCUT2D eigenvalue weighted by Gasteiger charge is -2.27. The Kier molecular flexibility index (Phi) is 6.56. The number of rotatable bonds is 5. The Hall–Kier alpha value is -2.27. The standard InChI is InChI=1S/C22H26N2O2S/c1-16-10-12-18(13-11-16)27-17(2)21(25)23-20-9-5-4-8-19(20)22(26)24-14-6-3-7-15-24/h4-5,8-13,17H,3,6-7,14-15H2,1-2H3,(H,23,25)/t17-/m1/s1. The first-order valence-corrected chi connectivity index (χ1v) is 10.3. The number of carbonyl (C=O) groups excluding carboxylic acids is 2. The van der Waals surface area contributed by atoms with Gasteiger partial charge in [0.2, 0.25) is 5.91 Å². The first-order valence-electron chi connectivity index (χ1n) is 9.47. The number of benzene rings is 2. The molecule has 1 N–H and O–H groups in total. The number of carbonyl (C=O) groups is 2. The maximum Gasteiger partial charge on any atom is 0.255 e. The molecule has 1 heterocycles. The van der Waals surface area contributed by atoms with E-state index in [1.165, 1.54) is 23.7 Å². The summed E-state index contributed by atoms with van der Waals surface area (Å²) in [4.78, 5) is 28.5. The molecule has 1 saturated heterocycles. The van der Waals surface area contributed by atoms with Crippen molar-refractivity contribution in [2.24, 2.45) is 0 Å². The van der Waals surface area contributed by atoms with Crippen molar-refractivity contribution < 1.29 is 9.59 Å². The summed E-state index contributed by atoms with van der Waals surface area (Å²) in [5.74, 6) is -0.0936. The van der Waals surface area contributed by atoms with E-state index >= 15 is 0 Å². The number of nitrogens with one attached hydrogen (secondary N) is 1. The molecule has 2 aromatic carbocycles. The number of para-hydroxylation sites is 1. The molecule has 1 aliphatic rings. The van der Waals surface area contributed by atoms with Gasteiger partial charge < -0.3 is 10.2 Å². The predicted octanol–water partition coefficient (Wildman–Crippen LogP) is 4.74. The van der Waals surface area contributed by atoms with Gasteiger partial charge in [-0.05, 0) is 57.4 Å². The zero-order valence-corrected chi connectivity index (χ0v) is 16.7. The van der Waals surface area contributed by atoms with Crippen molar-refractivity contribution in [1.29, 1.82) is 0 Å². The number of aryl methyl sites for hydroxylation is 1. The molecule has 1 fully saturated rings. The highest BCUT2D eigenvalue weighted by Crippen LogP contribution is 2.26. The van der Waals surface area contributed by atoms with Crippen molar-refractivity contribution in [3.63, 3.8) is 0 Å². The molecular formula is C22H26N2O2S. The fourth-order valence-electron chi connectivity index (χ4n) is 3.15. The Morgan fingerprint density at radius 2 is 1.67 bits per heavy atom. The SMILES string of the molecule is Cc1ccc(S[C@H](C)C(=O)Nc2ccccc2C(=O)N2CCCCC2)cc1. The molecule has 0 spiro atoms. The number of piperidine rings is 1. The minimum Gasteiger partial charge on any atom is -0.339 e. The normalized spacial score (nSPS) is 15.3. The molecule has 142 valence electrons. The third-order valence-electron chi connectivity index (χ3n) is 4.76. The van der Waals surface area contributed by atoms with Crippen LogP contribution in [-0.4, -0.2) is 35.1 Å². The summed E-state index contributed by atoms with van der Waals surface area (Å²) in [6, 6.07) is 15.4. The van der Waals surface area contributed by atoms with Crippen molar-refractivity contribution in [3.05, 3.63) is 59.7 Å². The topological polar surface area (TPSA) is 49.4 Å². The molecule has 2 aromatic rings. The van der Waals surface area contributed by atoms with Crippen LogP contribution in [-0.2, 0) is 4.79 Å². The van der Waals surface area contributed by atoms with E-state index in [-0.39, 0.29) is 17.1 Å². The van der Waals surface area contributed by atoms with Crippen LogP contribution in [0.4, 0.5) is 5.69 Å². The Labute approximate surface area is 165 Å². The van der Waals surface area contributed by atoms with Crippen LogP contribution in [0.5, 0.6) is 0 Å². The predicted molar refractivity (Wildman–Crippen MR) is 111 cm³/mol. The second-order valence-corrected chi connectivity index (χ2v) is 8.38. The van der Waals surface area contributed by atoms with Crippen LogP contribution in [0, 0.1) is 6.92 Å². The summed E-state index contributed by atoms with van der Waals surface area (Å²) in [5, 5.41) is 2.70. The van der Waals surface area contributed by atoms with Gasteiger partial charge in [0.25, 0.3) is 5.91 Å². The van der Waals surface area contributed by atoms with E-state index in [9.17, 15) is 9.59 Å². The molecule has 4 nitrogen and oxygen atoms in total. The highest BCUT2D eigenvalue weighted by atomic mass is 32.2. The molecule has 0 saturated carbocycles. The van der Waals surface area contributed by atoms with E-state index in [4.69, 9.17) is 0 Å². The quantitative estimate of drug-likeness (QED) is 0.760. The molecular weight excluding hydrogens is 356 g/mol. The summed E-state index contributed by atoms with van der Waals surface area (Å²) in [6.07, 6.45) is 3.27. The Bertz CT molecular complexity index is 798. The molecule has 0 unspecified atom stereocenters. The van der Waals surface area contributed by atoms with E-state index in [1.807, 2.05) is 55.1 Å². The lowest BCUT2D eigenvalue weighted by molar-refractivity contribution is -0.115. The molecule has 1 aliphatic heterocycles. The zero-order chi connectivity index (χ0) is 19.2. The smallest absolute Gasteiger partial charge is 0.255 e. The molecule has 5 heteroatoms.